The lowest BCUT2D eigenvalue weighted by molar-refractivity contribution is -0.145. The van der Waals surface area contributed by atoms with Crippen molar-refractivity contribution in [1.29, 1.82) is 0 Å². The standard InChI is InChI=1S/C16H28O2/c1-4-5-6-7-8-9-10-11-12-16(3)13-14(2)15(17)18-16/h13H,4-12H2,1-3H3. The Morgan fingerprint density at radius 2 is 1.61 bits per heavy atom. The highest BCUT2D eigenvalue weighted by atomic mass is 16.6. The van der Waals surface area contributed by atoms with Crippen LogP contribution < -0.4 is 0 Å². The van der Waals surface area contributed by atoms with Crippen molar-refractivity contribution in [2.24, 2.45) is 0 Å². The van der Waals surface area contributed by atoms with Gasteiger partial charge >= 0.3 is 5.97 Å². The maximum absolute atomic E-state index is 11.3. The molecule has 1 heterocycles. The van der Waals surface area contributed by atoms with Gasteiger partial charge < -0.3 is 4.74 Å². The van der Waals surface area contributed by atoms with Gasteiger partial charge in [-0.15, -0.1) is 0 Å². The van der Waals surface area contributed by atoms with E-state index in [-0.39, 0.29) is 11.6 Å². The zero-order chi connectivity index (χ0) is 13.4. The van der Waals surface area contributed by atoms with Crippen molar-refractivity contribution in [3.63, 3.8) is 0 Å². The van der Waals surface area contributed by atoms with E-state index in [4.69, 9.17) is 4.74 Å². The molecule has 0 aromatic carbocycles. The van der Waals surface area contributed by atoms with E-state index >= 15 is 0 Å². The lowest BCUT2D eigenvalue weighted by Crippen LogP contribution is -2.23. The van der Waals surface area contributed by atoms with Crippen molar-refractivity contribution >= 4 is 5.97 Å². The number of ether oxygens (including phenoxy) is 1. The summed E-state index contributed by atoms with van der Waals surface area (Å²) in [5.74, 6) is -0.142. The van der Waals surface area contributed by atoms with E-state index < -0.39 is 0 Å². The Morgan fingerprint density at radius 3 is 2.11 bits per heavy atom. The first-order chi connectivity index (χ1) is 8.57. The van der Waals surface area contributed by atoms with Crippen LogP contribution in [-0.4, -0.2) is 11.6 Å². The molecule has 0 amide bonds. The molecule has 1 unspecified atom stereocenters. The minimum atomic E-state index is -0.330. The van der Waals surface area contributed by atoms with Crippen LogP contribution in [0, 0.1) is 0 Å². The predicted molar refractivity (Wildman–Crippen MR) is 75.5 cm³/mol. The fourth-order valence-corrected chi connectivity index (χ4v) is 2.57. The maximum atomic E-state index is 11.3. The summed E-state index contributed by atoms with van der Waals surface area (Å²) >= 11 is 0. The van der Waals surface area contributed by atoms with Crippen molar-refractivity contribution in [3.05, 3.63) is 11.6 Å². The van der Waals surface area contributed by atoms with E-state index in [2.05, 4.69) is 6.92 Å². The van der Waals surface area contributed by atoms with Crippen molar-refractivity contribution in [3.8, 4) is 0 Å². The van der Waals surface area contributed by atoms with Crippen LogP contribution in [0.2, 0.25) is 0 Å². The van der Waals surface area contributed by atoms with Gasteiger partial charge in [-0.05, 0) is 32.8 Å². The number of cyclic esters (lactones) is 1. The number of carbonyl (C=O) groups is 1. The average molecular weight is 252 g/mol. The molecule has 0 saturated heterocycles. The van der Waals surface area contributed by atoms with Gasteiger partial charge in [0.15, 0.2) is 0 Å². The summed E-state index contributed by atoms with van der Waals surface area (Å²) in [5.41, 5.74) is 0.431. The first-order valence-corrected chi connectivity index (χ1v) is 7.50. The van der Waals surface area contributed by atoms with E-state index in [1.165, 1.54) is 44.9 Å². The smallest absolute Gasteiger partial charge is 0.334 e. The minimum Gasteiger partial charge on any atom is -0.452 e. The molecule has 0 aromatic rings. The fraction of sp³-hybridized carbons (Fsp3) is 0.812. The quantitative estimate of drug-likeness (QED) is 0.436. The molecule has 0 N–H and O–H groups in total. The summed E-state index contributed by atoms with van der Waals surface area (Å²) in [7, 11) is 0. The van der Waals surface area contributed by atoms with E-state index in [0.29, 0.717) is 0 Å². The number of hydrogen-bond acceptors (Lipinski definition) is 2. The lowest BCUT2D eigenvalue weighted by Gasteiger charge is -2.20. The van der Waals surface area contributed by atoms with Gasteiger partial charge in [0.05, 0.1) is 0 Å². The highest BCUT2D eigenvalue weighted by molar-refractivity contribution is 5.90. The Kier molecular flexibility index (Phi) is 6.45. The molecule has 1 atom stereocenters. The molecule has 2 heteroatoms. The summed E-state index contributed by atoms with van der Waals surface area (Å²) in [6, 6.07) is 0. The summed E-state index contributed by atoms with van der Waals surface area (Å²) in [4.78, 5) is 11.3. The molecule has 0 radical (unpaired) electrons. The first kappa shape index (κ1) is 15.3. The SMILES string of the molecule is CCCCCCCCCCC1(C)C=C(C)C(=O)O1. The van der Waals surface area contributed by atoms with Gasteiger partial charge in [0.25, 0.3) is 0 Å². The number of rotatable bonds is 9. The molecule has 0 spiro atoms. The number of carbonyl (C=O) groups excluding carboxylic acids is 1. The third-order valence-corrected chi connectivity index (χ3v) is 3.70. The highest BCUT2D eigenvalue weighted by Gasteiger charge is 2.33. The topological polar surface area (TPSA) is 26.3 Å². The van der Waals surface area contributed by atoms with E-state index in [9.17, 15) is 4.79 Å². The van der Waals surface area contributed by atoms with Gasteiger partial charge in [-0.25, -0.2) is 4.79 Å². The van der Waals surface area contributed by atoms with Gasteiger partial charge in [0.1, 0.15) is 5.60 Å². The third kappa shape index (κ3) is 5.24. The highest BCUT2D eigenvalue weighted by Crippen LogP contribution is 2.29. The molecule has 1 rings (SSSR count). The molecule has 0 bridgehead atoms. The second-order valence-corrected chi connectivity index (χ2v) is 5.75. The van der Waals surface area contributed by atoms with Crippen LogP contribution in [0.25, 0.3) is 0 Å². The molecule has 18 heavy (non-hydrogen) atoms. The summed E-state index contributed by atoms with van der Waals surface area (Å²) < 4.78 is 5.39. The van der Waals surface area contributed by atoms with Gasteiger partial charge in [-0.2, -0.15) is 0 Å². The van der Waals surface area contributed by atoms with Crippen molar-refractivity contribution < 1.29 is 9.53 Å². The van der Waals surface area contributed by atoms with Crippen molar-refractivity contribution in [1.82, 2.24) is 0 Å². The average Bonchev–Trinajstić information content (AvgIpc) is 2.57. The molecule has 0 saturated carbocycles. The van der Waals surface area contributed by atoms with Gasteiger partial charge in [-0.1, -0.05) is 51.9 Å². The molecule has 1 aliphatic heterocycles. The molecule has 104 valence electrons. The van der Waals surface area contributed by atoms with E-state index in [1.807, 2.05) is 19.9 Å². The Balaban J connectivity index is 2.03. The Hall–Kier alpha value is -0.790. The maximum Gasteiger partial charge on any atom is 0.334 e. The molecular weight excluding hydrogens is 224 g/mol. The zero-order valence-electron chi connectivity index (χ0n) is 12.3. The molecular formula is C16H28O2. The largest absolute Gasteiger partial charge is 0.452 e. The Morgan fingerprint density at radius 1 is 1.06 bits per heavy atom. The minimum absolute atomic E-state index is 0.142. The Bertz CT molecular complexity index is 293. The van der Waals surface area contributed by atoms with Crippen molar-refractivity contribution in [2.75, 3.05) is 0 Å². The van der Waals surface area contributed by atoms with Gasteiger partial charge in [0.2, 0.25) is 0 Å². The van der Waals surface area contributed by atoms with Crippen LogP contribution in [0.15, 0.2) is 11.6 Å². The van der Waals surface area contributed by atoms with Crippen LogP contribution in [0.4, 0.5) is 0 Å². The summed E-state index contributed by atoms with van der Waals surface area (Å²) in [5, 5.41) is 0. The molecule has 1 aliphatic rings. The first-order valence-electron chi connectivity index (χ1n) is 7.50. The predicted octanol–water partition coefficient (Wildman–Crippen LogP) is 4.78. The second-order valence-electron chi connectivity index (χ2n) is 5.75. The van der Waals surface area contributed by atoms with Crippen LogP contribution in [-0.2, 0) is 9.53 Å². The summed E-state index contributed by atoms with van der Waals surface area (Å²) in [6.07, 6.45) is 13.5. The van der Waals surface area contributed by atoms with Gasteiger partial charge in [-0.3, -0.25) is 0 Å². The second kappa shape index (κ2) is 7.60. The Labute approximate surface area is 112 Å². The number of esters is 1. The summed E-state index contributed by atoms with van der Waals surface area (Å²) in [6.45, 7) is 6.10. The van der Waals surface area contributed by atoms with Crippen LogP contribution >= 0.6 is 0 Å². The molecule has 2 nitrogen and oxygen atoms in total. The number of unbranched alkanes of at least 4 members (excludes halogenated alkanes) is 7. The van der Waals surface area contributed by atoms with E-state index in [0.717, 1.165) is 18.4 Å². The zero-order valence-corrected chi connectivity index (χ0v) is 12.3. The fourth-order valence-electron chi connectivity index (χ4n) is 2.57. The lowest BCUT2D eigenvalue weighted by atomic mass is 9.97. The molecule has 0 aromatic heterocycles. The third-order valence-electron chi connectivity index (χ3n) is 3.70. The molecule has 0 fully saturated rings. The monoisotopic (exact) mass is 252 g/mol. The van der Waals surface area contributed by atoms with Crippen molar-refractivity contribution in [2.45, 2.75) is 84.2 Å². The molecule has 0 aliphatic carbocycles. The van der Waals surface area contributed by atoms with Gasteiger partial charge in [0, 0.05) is 5.57 Å². The van der Waals surface area contributed by atoms with Crippen LogP contribution in [0.3, 0.4) is 0 Å². The number of hydrogen-bond donors (Lipinski definition) is 0. The van der Waals surface area contributed by atoms with Crippen LogP contribution in [0.5, 0.6) is 0 Å². The van der Waals surface area contributed by atoms with E-state index in [1.54, 1.807) is 0 Å². The normalized spacial score (nSPS) is 23.1. The van der Waals surface area contributed by atoms with Crippen LogP contribution in [0.1, 0.15) is 78.6 Å².